The molecule has 0 N–H and O–H groups in total. The predicted molar refractivity (Wildman–Crippen MR) is 66.2 cm³/mol. The lowest BCUT2D eigenvalue weighted by Gasteiger charge is -2.45. The molecule has 0 aromatic carbocycles. The number of β-lactam (4-membered cyclic amide) rings is 1. The van der Waals surface area contributed by atoms with E-state index in [2.05, 4.69) is 0 Å². The highest BCUT2D eigenvalue weighted by molar-refractivity contribution is 8.01. The normalized spacial score (nSPS) is 34.6. The molecule has 2 aliphatic rings. The first-order chi connectivity index (χ1) is 7.81. The zero-order chi connectivity index (χ0) is 13.0. The molecule has 0 aromatic rings. The summed E-state index contributed by atoms with van der Waals surface area (Å²) < 4.78 is 4.53. The average molecular weight is 256 g/mol. The molecule has 2 heterocycles. The van der Waals surface area contributed by atoms with E-state index in [4.69, 9.17) is 4.74 Å². The molecular formula is C12H18NO3S. The number of rotatable bonds is 2. The highest BCUT2D eigenvalue weighted by Crippen LogP contribution is 2.55. The summed E-state index contributed by atoms with van der Waals surface area (Å²) in [6, 6.07) is -0.453. The van der Waals surface area contributed by atoms with Crippen molar-refractivity contribution < 1.29 is 14.3 Å². The number of carbonyl (C=O) groups excluding carboxylic acids is 2. The predicted octanol–water partition coefficient (Wildman–Crippen LogP) is 1.45. The zero-order valence-electron chi connectivity index (χ0n) is 10.8. The van der Waals surface area contributed by atoms with Crippen molar-refractivity contribution in [3.05, 3.63) is 5.92 Å². The summed E-state index contributed by atoms with van der Waals surface area (Å²) >= 11 is 1.69. The summed E-state index contributed by atoms with van der Waals surface area (Å²) in [5, 5.41) is 0.103. The first kappa shape index (κ1) is 12.7. The van der Waals surface area contributed by atoms with Gasteiger partial charge in [-0.15, -0.1) is 11.8 Å². The average Bonchev–Trinajstić information content (AvgIpc) is 2.45. The Bertz CT molecular complexity index is 367. The van der Waals surface area contributed by atoms with Crippen molar-refractivity contribution >= 4 is 23.6 Å². The Kier molecular flexibility index (Phi) is 2.92. The first-order valence-corrected chi connectivity index (χ1v) is 6.57. The minimum absolute atomic E-state index is 0.0334. The van der Waals surface area contributed by atoms with Crippen LogP contribution < -0.4 is 0 Å². The molecule has 17 heavy (non-hydrogen) atoms. The molecule has 2 rings (SSSR count). The van der Waals surface area contributed by atoms with E-state index in [1.54, 1.807) is 16.7 Å². The fourth-order valence-electron chi connectivity index (χ4n) is 2.64. The van der Waals surface area contributed by atoms with Crippen LogP contribution in [0.5, 0.6) is 0 Å². The molecule has 5 heteroatoms. The lowest BCUT2D eigenvalue weighted by molar-refractivity contribution is -0.164. The van der Waals surface area contributed by atoms with Crippen LogP contribution in [0.15, 0.2) is 0 Å². The van der Waals surface area contributed by atoms with Crippen LogP contribution in [-0.4, -0.2) is 40.0 Å². The van der Waals surface area contributed by atoms with Gasteiger partial charge in [0.2, 0.25) is 5.91 Å². The number of fused-ring (bicyclic) bond motifs is 1. The second-order valence-electron chi connectivity index (χ2n) is 5.34. The van der Waals surface area contributed by atoms with Crippen LogP contribution in [0.3, 0.4) is 0 Å². The third kappa shape index (κ3) is 1.66. The minimum atomic E-state index is -0.453. The van der Waals surface area contributed by atoms with Crippen molar-refractivity contribution in [1.82, 2.24) is 4.90 Å². The highest BCUT2D eigenvalue weighted by atomic mass is 32.2. The molecule has 0 bridgehead atoms. The van der Waals surface area contributed by atoms with Gasteiger partial charge in [-0.05, 0) is 19.8 Å². The van der Waals surface area contributed by atoms with E-state index in [1.807, 2.05) is 27.7 Å². The van der Waals surface area contributed by atoms with Gasteiger partial charge in [-0.1, -0.05) is 13.8 Å². The Morgan fingerprint density at radius 2 is 2.00 bits per heavy atom. The Labute approximate surface area is 106 Å². The van der Waals surface area contributed by atoms with Crippen molar-refractivity contribution in [2.24, 2.45) is 5.92 Å². The third-order valence-corrected chi connectivity index (χ3v) is 5.06. The highest BCUT2D eigenvalue weighted by Gasteiger charge is 2.64. The molecule has 0 saturated carbocycles. The fraction of sp³-hybridized carbons (Fsp3) is 0.750. The smallest absolute Gasteiger partial charge is 0.330 e. The van der Waals surface area contributed by atoms with E-state index in [9.17, 15) is 9.59 Å². The number of hydrogen-bond donors (Lipinski definition) is 0. The molecule has 2 aliphatic heterocycles. The second-order valence-corrected chi connectivity index (χ2v) is 7.11. The van der Waals surface area contributed by atoms with Gasteiger partial charge in [-0.3, -0.25) is 4.79 Å². The van der Waals surface area contributed by atoms with Crippen molar-refractivity contribution in [3.8, 4) is 0 Å². The summed E-state index contributed by atoms with van der Waals surface area (Å²) in [7, 11) is 1.37. The first-order valence-electron chi connectivity index (χ1n) is 5.69. The monoisotopic (exact) mass is 256 g/mol. The fourth-order valence-corrected chi connectivity index (χ4v) is 4.46. The Morgan fingerprint density at radius 3 is 2.47 bits per heavy atom. The van der Waals surface area contributed by atoms with Crippen molar-refractivity contribution in [3.63, 3.8) is 0 Å². The molecule has 2 unspecified atom stereocenters. The number of nitrogens with zero attached hydrogens (tertiary/aromatic N) is 1. The Morgan fingerprint density at radius 1 is 1.41 bits per heavy atom. The van der Waals surface area contributed by atoms with Crippen molar-refractivity contribution in [1.29, 1.82) is 0 Å². The van der Waals surface area contributed by atoms with Crippen LogP contribution in [-0.2, 0) is 14.3 Å². The van der Waals surface area contributed by atoms with Crippen LogP contribution in [0, 0.1) is 11.8 Å². The van der Waals surface area contributed by atoms with Gasteiger partial charge in [0.1, 0.15) is 6.04 Å². The quantitative estimate of drug-likeness (QED) is 0.554. The summed E-state index contributed by atoms with van der Waals surface area (Å²) in [6.45, 7) is 7.93. The number of ether oxygens (including phenoxy) is 1. The number of amides is 1. The minimum Gasteiger partial charge on any atom is -0.467 e. The van der Waals surface area contributed by atoms with E-state index < -0.39 is 6.04 Å². The van der Waals surface area contributed by atoms with Crippen LogP contribution in [0.2, 0.25) is 0 Å². The van der Waals surface area contributed by atoms with Gasteiger partial charge in [0.15, 0.2) is 0 Å². The van der Waals surface area contributed by atoms with Gasteiger partial charge in [0.25, 0.3) is 0 Å². The molecule has 95 valence electrons. The van der Waals surface area contributed by atoms with Crippen LogP contribution in [0.25, 0.3) is 0 Å². The van der Waals surface area contributed by atoms with Gasteiger partial charge in [0, 0.05) is 4.75 Å². The van der Waals surface area contributed by atoms with Gasteiger partial charge < -0.3 is 9.64 Å². The standard InChI is InChI=1S/C12H18NO3S/c1-6(2)7-9(14)13-8(11(15)16-5)12(3,4)17-10(7)13/h7-8,10H,1-5H3/t7?,8-,10?/m0/s1. The van der Waals surface area contributed by atoms with Crippen molar-refractivity contribution in [2.45, 2.75) is 43.9 Å². The summed E-state index contributed by atoms with van der Waals surface area (Å²) in [5.41, 5.74) is 0. The number of thioether (sulfide) groups is 1. The summed E-state index contributed by atoms with van der Waals surface area (Å²) in [5.74, 6) is 0.827. The Balaban J connectivity index is 2.27. The second kappa shape index (κ2) is 3.90. The number of methoxy groups -OCH3 is 1. The number of carbonyl (C=O) groups is 2. The molecule has 1 radical (unpaired) electrons. The van der Waals surface area contributed by atoms with E-state index in [1.165, 1.54) is 7.11 Å². The molecule has 0 aromatic heterocycles. The maximum absolute atomic E-state index is 12.1. The van der Waals surface area contributed by atoms with Crippen molar-refractivity contribution in [2.75, 3.05) is 7.11 Å². The molecule has 0 spiro atoms. The number of hydrogen-bond acceptors (Lipinski definition) is 4. The molecule has 2 fully saturated rings. The SMILES string of the molecule is COC(=O)[C@@H]1N2C(=O)C([C](C)C)C2SC1(C)C. The van der Waals surface area contributed by atoms with E-state index in [0.29, 0.717) is 0 Å². The molecule has 0 aliphatic carbocycles. The third-order valence-electron chi connectivity index (χ3n) is 3.49. The number of esters is 1. The van der Waals surface area contributed by atoms with E-state index in [0.717, 1.165) is 5.92 Å². The Hall–Kier alpha value is -0.710. The van der Waals surface area contributed by atoms with E-state index in [-0.39, 0.29) is 27.9 Å². The lowest BCUT2D eigenvalue weighted by Crippen LogP contribution is -2.63. The summed E-state index contributed by atoms with van der Waals surface area (Å²) in [6.07, 6.45) is 0. The van der Waals surface area contributed by atoms with Gasteiger partial charge in [-0.2, -0.15) is 0 Å². The largest absolute Gasteiger partial charge is 0.467 e. The maximum atomic E-state index is 12.1. The molecule has 1 amide bonds. The van der Waals surface area contributed by atoms with Crippen LogP contribution in [0.1, 0.15) is 27.7 Å². The molecule has 2 saturated heterocycles. The van der Waals surface area contributed by atoms with Gasteiger partial charge in [0.05, 0.1) is 18.4 Å². The van der Waals surface area contributed by atoms with Crippen LogP contribution >= 0.6 is 11.8 Å². The molecule has 3 atom stereocenters. The summed E-state index contributed by atoms with van der Waals surface area (Å²) in [4.78, 5) is 25.6. The topological polar surface area (TPSA) is 46.6 Å². The van der Waals surface area contributed by atoms with Gasteiger partial charge in [-0.25, -0.2) is 4.79 Å². The maximum Gasteiger partial charge on any atom is 0.330 e. The van der Waals surface area contributed by atoms with E-state index >= 15 is 0 Å². The van der Waals surface area contributed by atoms with Gasteiger partial charge >= 0.3 is 5.97 Å². The lowest BCUT2D eigenvalue weighted by atomic mass is 9.84. The molecular weight excluding hydrogens is 238 g/mol. The van der Waals surface area contributed by atoms with Crippen LogP contribution in [0.4, 0.5) is 0 Å². The molecule has 4 nitrogen and oxygen atoms in total. The zero-order valence-corrected chi connectivity index (χ0v) is 11.6.